The molecule has 0 unspecified atom stereocenters. The molecule has 2 rings (SSSR count). The van der Waals surface area contributed by atoms with E-state index in [1.165, 1.54) is 0 Å². The number of benzene rings is 1. The van der Waals surface area contributed by atoms with Gasteiger partial charge in [-0.3, -0.25) is 9.59 Å². The van der Waals surface area contributed by atoms with Crippen LogP contribution in [0.25, 0.3) is 11.0 Å². The van der Waals surface area contributed by atoms with Gasteiger partial charge in [-0.15, -0.1) is 0 Å². The zero-order valence-electron chi connectivity index (χ0n) is 6.99. The first kappa shape index (κ1) is 9.15. The molecule has 1 aromatic heterocycles. The maximum atomic E-state index is 11.7. The first-order valence-corrected chi connectivity index (χ1v) is 4.70. The highest BCUT2D eigenvalue weighted by Crippen LogP contribution is 2.18. The van der Waals surface area contributed by atoms with Crippen LogP contribution in [-0.2, 0) is 0 Å². The minimum atomic E-state index is -0.311. The van der Waals surface area contributed by atoms with Gasteiger partial charge in [-0.25, -0.2) is 0 Å². The highest BCUT2D eigenvalue weighted by atomic mass is 79.9. The van der Waals surface area contributed by atoms with Gasteiger partial charge in [-0.1, -0.05) is 12.1 Å². The second kappa shape index (κ2) is 3.38. The molecule has 0 aliphatic rings. The number of hydrogen-bond acceptors (Lipinski definition) is 3. The first-order chi connectivity index (χ1) is 6.74. The number of aldehydes is 1. The molecule has 0 aliphatic carbocycles. The van der Waals surface area contributed by atoms with E-state index < -0.39 is 0 Å². The van der Waals surface area contributed by atoms with Gasteiger partial charge in [0, 0.05) is 0 Å². The average molecular weight is 253 g/mol. The van der Waals surface area contributed by atoms with Crippen LogP contribution in [0.15, 0.2) is 38.1 Å². The Morgan fingerprint density at radius 3 is 2.71 bits per heavy atom. The Balaban J connectivity index is 3.00. The summed E-state index contributed by atoms with van der Waals surface area (Å²) in [7, 11) is 0. The molecule has 0 aliphatic heterocycles. The topological polar surface area (TPSA) is 47.3 Å². The summed E-state index contributed by atoms with van der Waals surface area (Å²) < 4.78 is 5.43. The van der Waals surface area contributed by atoms with Crippen LogP contribution in [0.4, 0.5) is 0 Å². The van der Waals surface area contributed by atoms with Gasteiger partial charge < -0.3 is 4.42 Å². The fraction of sp³-hybridized carbons (Fsp3) is 0. The maximum absolute atomic E-state index is 11.7. The van der Waals surface area contributed by atoms with E-state index in [1.54, 1.807) is 24.3 Å². The van der Waals surface area contributed by atoms with Crippen molar-refractivity contribution in [3.8, 4) is 0 Å². The Morgan fingerprint density at radius 2 is 2.00 bits per heavy atom. The molecule has 0 saturated heterocycles. The van der Waals surface area contributed by atoms with Gasteiger partial charge in [0.25, 0.3) is 0 Å². The Morgan fingerprint density at radius 1 is 1.29 bits per heavy atom. The van der Waals surface area contributed by atoms with E-state index in [4.69, 9.17) is 4.42 Å². The summed E-state index contributed by atoms with van der Waals surface area (Å²) >= 11 is 3.03. The molecule has 1 heterocycles. The summed E-state index contributed by atoms with van der Waals surface area (Å²) in [6.45, 7) is 0. The van der Waals surface area contributed by atoms with Crippen LogP contribution in [0.1, 0.15) is 10.4 Å². The molecule has 0 saturated carbocycles. The van der Waals surface area contributed by atoms with E-state index in [2.05, 4.69) is 15.9 Å². The van der Waals surface area contributed by atoms with E-state index in [0.29, 0.717) is 17.3 Å². The molecule has 0 bridgehead atoms. The lowest BCUT2D eigenvalue weighted by Gasteiger charge is -1.98. The Hall–Kier alpha value is -1.42. The standard InChI is InChI=1S/C10H5BrO3/c11-10-7(5-12)9(13)6-3-1-2-4-8(6)14-10/h1-5H. The molecule has 70 valence electrons. The summed E-state index contributed by atoms with van der Waals surface area (Å²) in [5, 5.41) is 0.415. The lowest BCUT2D eigenvalue weighted by atomic mass is 10.2. The fourth-order valence-corrected chi connectivity index (χ4v) is 1.68. The van der Waals surface area contributed by atoms with Crippen molar-refractivity contribution < 1.29 is 9.21 Å². The van der Waals surface area contributed by atoms with Gasteiger partial charge in [-0.05, 0) is 28.1 Å². The number of carbonyl (C=O) groups is 1. The Kier molecular flexibility index (Phi) is 2.21. The number of fused-ring (bicyclic) bond motifs is 1. The van der Waals surface area contributed by atoms with E-state index in [-0.39, 0.29) is 15.7 Å². The van der Waals surface area contributed by atoms with E-state index >= 15 is 0 Å². The summed E-state index contributed by atoms with van der Waals surface area (Å²) in [4.78, 5) is 22.3. The number of carbonyl (C=O) groups excluding carboxylic acids is 1. The Bertz CT molecular complexity index is 557. The lowest BCUT2D eigenvalue weighted by Crippen LogP contribution is -2.08. The summed E-state index contributed by atoms with van der Waals surface area (Å²) in [5.74, 6) is 0. The fourth-order valence-electron chi connectivity index (χ4n) is 1.23. The van der Waals surface area contributed by atoms with Gasteiger partial charge in [-0.2, -0.15) is 0 Å². The predicted octanol–water partition coefficient (Wildman–Crippen LogP) is 2.37. The molecule has 2 aromatic rings. The van der Waals surface area contributed by atoms with Crippen LogP contribution in [0, 0.1) is 0 Å². The quantitative estimate of drug-likeness (QED) is 0.733. The molecular weight excluding hydrogens is 248 g/mol. The van der Waals surface area contributed by atoms with Crippen molar-refractivity contribution in [2.24, 2.45) is 0 Å². The third-order valence-corrected chi connectivity index (χ3v) is 2.49. The minimum absolute atomic E-state index is 0.0173. The van der Waals surface area contributed by atoms with Crippen LogP contribution in [0.3, 0.4) is 0 Å². The van der Waals surface area contributed by atoms with Crippen molar-refractivity contribution in [1.82, 2.24) is 0 Å². The summed E-state index contributed by atoms with van der Waals surface area (Å²) in [6.07, 6.45) is 0.488. The molecule has 3 nitrogen and oxygen atoms in total. The van der Waals surface area contributed by atoms with Crippen LogP contribution in [0.2, 0.25) is 0 Å². The predicted molar refractivity (Wildman–Crippen MR) is 55.6 cm³/mol. The van der Waals surface area contributed by atoms with Crippen molar-refractivity contribution in [1.29, 1.82) is 0 Å². The third kappa shape index (κ3) is 1.28. The molecule has 0 amide bonds. The zero-order chi connectivity index (χ0) is 10.1. The molecule has 0 N–H and O–H groups in total. The molecule has 0 fully saturated rings. The van der Waals surface area contributed by atoms with E-state index in [1.807, 2.05) is 0 Å². The molecule has 0 spiro atoms. The van der Waals surface area contributed by atoms with E-state index in [0.717, 1.165) is 0 Å². The lowest BCUT2D eigenvalue weighted by molar-refractivity contribution is 0.112. The van der Waals surface area contributed by atoms with Gasteiger partial charge in [0.2, 0.25) is 5.43 Å². The number of para-hydroxylation sites is 1. The smallest absolute Gasteiger partial charge is 0.204 e. The van der Waals surface area contributed by atoms with Crippen molar-refractivity contribution in [3.05, 3.63) is 44.7 Å². The third-order valence-electron chi connectivity index (χ3n) is 1.91. The highest BCUT2D eigenvalue weighted by Gasteiger charge is 2.10. The molecular formula is C10H5BrO3. The number of rotatable bonds is 1. The SMILES string of the molecule is O=Cc1c(Br)oc2ccccc2c1=O. The summed E-state index contributed by atoms with van der Waals surface area (Å²) in [5.41, 5.74) is 0.174. The van der Waals surface area contributed by atoms with Crippen LogP contribution in [0.5, 0.6) is 0 Å². The maximum Gasteiger partial charge on any atom is 0.204 e. The zero-order valence-corrected chi connectivity index (χ0v) is 8.58. The average Bonchev–Trinajstić information content (AvgIpc) is 2.18. The minimum Gasteiger partial charge on any atom is -0.448 e. The molecule has 1 aromatic carbocycles. The first-order valence-electron chi connectivity index (χ1n) is 3.90. The van der Waals surface area contributed by atoms with Crippen molar-refractivity contribution >= 4 is 33.2 Å². The molecule has 14 heavy (non-hydrogen) atoms. The molecule has 0 radical (unpaired) electrons. The summed E-state index contributed by atoms with van der Waals surface area (Å²) in [6, 6.07) is 6.79. The largest absolute Gasteiger partial charge is 0.448 e. The van der Waals surface area contributed by atoms with Crippen molar-refractivity contribution in [2.75, 3.05) is 0 Å². The van der Waals surface area contributed by atoms with Crippen LogP contribution in [-0.4, -0.2) is 6.29 Å². The Labute approximate surface area is 87.5 Å². The van der Waals surface area contributed by atoms with Crippen LogP contribution < -0.4 is 5.43 Å². The molecule has 0 atom stereocenters. The number of hydrogen-bond donors (Lipinski definition) is 0. The normalized spacial score (nSPS) is 10.4. The van der Waals surface area contributed by atoms with Gasteiger partial charge in [0.1, 0.15) is 11.1 Å². The van der Waals surface area contributed by atoms with Gasteiger partial charge in [0.05, 0.1) is 5.39 Å². The number of halogens is 1. The second-order valence-corrected chi connectivity index (χ2v) is 3.45. The van der Waals surface area contributed by atoms with Gasteiger partial charge >= 0.3 is 0 Å². The van der Waals surface area contributed by atoms with Gasteiger partial charge in [0.15, 0.2) is 11.0 Å². The van der Waals surface area contributed by atoms with Crippen LogP contribution >= 0.6 is 15.9 Å². The van der Waals surface area contributed by atoms with Crippen molar-refractivity contribution in [3.63, 3.8) is 0 Å². The molecule has 4 heteroatoms. The monoisotopic (exact) mass is 252 g/mol. The van der Waals surface area contributed by atoms with E-state index in [9.17, 15) is 9.59 Å². The van der Waals surface area contributed by atoms with Crippen molar-refractivity contribution in [2.45, 2.75) is 0 Å². The highest BCUT2D eigenvalue weighted by molar-refractivity contribution is 9.10. The second-order valence-electron chi connectivity index (χ2n) is 2.73.